The van der Waals surface area contributed by atoms with Crippen LogP contribution in [0.1, 0.15) is 56.6 Å². The molecular weight excluding hydrogens is 452 g/mol. The summed E-state index contributed by atoms with van der Waals surface area (Å²) in [6.07, 6.45) is 4.64. The number of nitrogens with zero attached hydrogens (tertiary/aromatic N) is 1. The summed E-state index contributed by atoms with van der Waals surface area (Å²) in [7, 11) is 3.48. The Balaban J connectivity index is 1.45. The van der Waals surface area contributed by atoms with Crippen LogP contribution in [-0.4, -0.2) is 59.2 Å². The van der Waals surface area contributed by atoms with Crippen LogP contribution in [0.2, 0.25) is 0 Å². The Morgan fingerprint density at radius 1 is 1.14 bits per heavy atom. The average Bonchev–Trinajstić information content (AvgIpc) is 2.92. The second-order valence-electron chi connectivity index (χ2n) is 10.3. The number of hydrogen-bond acceptors (Lipinski definition) is 6. The van der Waals surface area contributed by atoms with Crippen molar-refractivity contribution in [2.45, 2.75) is 64.2 Å². The summed E-state index contributed by atoms with van der Waals surface area (Å²) < 4.78 is 23.2. The van der Waals surface area contributed by atoms with Gasteiger partial charge < -0.3 is 29.2 Å². The minimum Gasteiger partial charge on any atom is -0.497 e. The van der Waals surface area contributed by atoms with E-state index in [0.29, 0.717) is 18.6 Å². The fourth-order valence-electron chi connectivity index (χ4n) is 5.42. The van der Waals surface area contributed by atoms with E-state index in [1.807, 2.05) is 0 Å². The smallest absolute Gasteiger partial charge is 0.142 e. The Hall–Kier alpha value is -2.28. The minimum atomic E-state index is 0.122. The molecule has 36 heavy (non-hydrogen) atoms. The topological polar surface area (TPSA) is 52.2 Å². The van der Waals surface area contributed by atoms with E-state index in [9.17, 15) is 0 Å². The van der Waals surface area contributed by atoms with Crippen LogP contribution in [0, 0.1) is 5.92 Å². The summed E-state index contributed by atoms with van der Waals surface area (Å²) in [6.45, 7) is 9.47. The minimum absolute atomic E-state index is 0.122. The normalized spacial score (nSPS) is 22.6. The molecule has 4 rings (SSSR count). The monoisotopic (exact) mass is 496 g/mol. The highest BCUT2D eigenvalue weighted by molar-refractivity contribution is 5.61. The first-order chi connectivity index (χ1) is 17.6. The van der Waals surface area contributed by atoms with Gasteiger partial charge in [-0.25, -0.2) is 0 Å². The van der Waals surface area contributed by atoms with Crippen LogP contribution in [0.3, 0.4) is 0 Å². The molecule has 0 bridgehead atoms. The number of methoxy groups -OCH3 is 2. The molecule has 0 unspecified atom stereocenters. The lowest BCUT2D eigenvalue weighted by Gasteiger charge is -2.38. The molecular formula is C30H44N2O4. The van der Waals surface area contributed by atoms with Gasteiger partial charge in [0, 0.05) is 38.8 Å². The van der Waals surface area contributed by atoms with Crippen LogP contribution in [0.5, 0.6) is 11.5 Å². The van der Waals surface area contributed by atoms with Crippen molar-refractivity contribution in [2.75, 3.05) is 52.0 Å². The van der Waals surface area contributed by atoms with Crippen LogP contribution in [0.4, 0.5) is 5.69 Å². The molecule has 0 amide bonds. The number of piperidine rings is 1. The number of rotatable bonds is 12. The van der Waals surface area contributed by atoms with Gasteiger partial charge in [-0.1, -0.05) is 38.5 Å². The lowest BCUT2D eigenvalue weighted by molar-refractivity contribution is 0.00118. The number of benzene rings is 2. The Kier molecular flexibility index (Phi) is 9.90. The standard InChI is InChI=1S/C30H44N2O4/c1-5-22(2)17-25-19-27(24-8-10-26(34-4)11-9-24)30(20-31-25)36-21-23-7-12-29-28(18-23)32(14-16-35-29)13-6-15-33-3/h7-12,18,22,25,27,30-31H,5-6,13-17,19-21H2,1-4H3/t22-,25+,27-,30+/m1/s1. The molecule has 0 aromatic heterocycles. The molecule has 2 aromatic rings. The summed E-state index contributed by atoms with van der Waals surface area (Å²) in [4.78, 5) is 2.41. The predicted molar refractivity (Wildman–Crippen MR) is 145 cm³/mol. The van der Waals surface area contributed by atoms with Crippen molar-refractivity contribution >= 4 is 5.69 Å². The van der Waals surface area contributed by atoms with Crippen LogP contribution >= 0.6 is 0 Å². The molecule has 0 spiro atoms. The van der Waals surface area contributed by atoms with Gasteiger partial charge in [-0.2, -0.15) is 0 Å². The summed E-state index contributed by atoms with van der Waals surface area (Å²) >= 11 is 0. The molecule has 0 radical (unpaired) electrons. The Bertz CT molecular complexity index is 935. The van der Waals surface area contributed by atoms with Crippen LogP contribution < -0.4 is 19.7 Å². The SMILES string of the molecule is CC[C@@H](C)C[C@H]1C[C@H](c2ccc(OC)cc2)[C@@H](OCc2ccc3c(c2)N(CCCOC)CCO3)CN1. The maximum absolute atomic E-state index is 6.62. The van der Waals surface area contributed by atoms with E-state index in [1.54, 1.807) is 14.2 Å². The van der Waals surface area contributed by atoms with Crippen molar-refractivity contribution in [3.8, 4) is 11.5 Å². The second kappa shape index (κ2) is 13.3. The van der Waals surface area contributed by atoms with Gasteiger partial charge in [0.25, 0.3) is 0 Å². The summed E-state index contributed by atoms with van der Waals surface area (Å²) in [5.41, 5.74) is 3.69. The largest absolute Gasteiger partial charge is 0.497 e. The summed E-state index contributed by atoms with van der Waals surface area (Å²) in [5.74, 6) is 2.94. The Labute approximate surface area is 217 Å². The van der Waals surface area contributed by atoms with Gasteiger partial charge in [0.2, 0.25) is 0 Å². The molecule has 0 aliphatic carbocycles. The highest BCUT2D eigenvalue weighted by atomic mass is 16.5. The zero-order valence-electron chi connectivity index (χ0n) is 22.5. The average molecular weight is 497 g/mol. The van der Waals surface area contributed by atoms with Crippen molar-refractivity contribution in [2.24, 2.45) is 5.92 Å². The fraction of sp³-hybridized carbons (Fsp3) is 0.600. The Morgan fingerprint density at radius 2 is 1.97 bits per heavy atom. The van der Waals surface area contributed by atoms with Crippen molar-refractivity contribution in [1.82, 2.24) is 5.32 Å². The molecule has 6 heteroatoms. The third-order valence-electron chi connectivity index (χ3n) is 7.75. The molecule has 1 N–H and O–H groups in total. The van der Waals surface area contributed by atoms with Gasteiger partial charge in [0.15, 0.2) is 0 Å². The number of anilines is 1. The zero-order valence-corrected chi connectivity index (χ0v) is 22.5. The van der Waals surface area contributed by atoms with E-state index in [0.717, 1.165) is 63.1 Å². The Morgan fingerprint density at radius 3 is 2.72 bits per heavy atom. The fourth-order valence-corrected chi connectivity index (χ4v) is 5.42. The van der Waals surface area contributed by atoms with E-state index < -0.39 is 0 Å². The molecule has 0 saturated carbocycles. The van der Waals surface area contributed by atoms with Gasteiger partial charge in [-0.15, -0.1) is 0 Å². The van der Waals surface area contributed by atoms with Crippen molar-refractivity contribution in [1.29, 1.82) is 0 Å². The molecule has 2 aromatic carbocycles. The molecule has 4 atom stereocenters. The maximum atomic E-state index is 6.62. The third-order valence-corrected chi connectivity index (χ3v) is 7.75. The zero-order chi connectivity index (χ0) is 25.3. The van der Waals surface area contributed by atoms with Gasteiger partial charge in [0.05, 0.1) is 32.1 Å². The summed E-state index contributed by atoms with van der Waals surface area (Å²) in [6, 6.07) is 15.6. The first-order valence-electron chi connectivity index (χ1n) is 13.6. The number of ether oxygens (including phenoxy) is 4. The van der Waals surface area contributed by atoms with Crippen molar-refractivity contribution in [3.05, 3.63) is 53.6 Å². The predicted octanol–water partition coefficient (Wildman–Crippen LogP) is 5.40. The maximum Gasteiger partial charge on any atom is 0.142 e. The third kappa shape index (κ3) is 6.93. The summed E-state index contributed by atoms with van der Waals surface area (Å²) in [5, 5.41) is 3.79. The molecule has 1 saturated heterocycles. The van der Waals surface area contributed by atoms with Gasteiger partial charge >= 0.3 is 0 Å². The van der Waals surface area contributed by atoms with Crippen molar-refractivity contribution in [3.63, 3.8) is 0 Å². The van der Waals surface area contributed by atoms with E-state index >= 15 is 0 Å². The molecule has 6 nitrogen and oxygen atoms in total. The van der Waals surface area contributed by atoms with Crippen LogP contribution in [0.15, 0.2) is 42.5 Å². The first kappa shape index (κ1) is 26.8. The van der Waals surface area contributed by atoms with E-state index in [-0.39, 0.29) is 6.10 Å². The van der Waals surface area contributed by atoms with Gasteiger partial charge in [-0.05, 0) is 60.6 Å². The quantitative estimate of drug-likeness (QED) is 0.397. The molecule has 1 fully saturated rings. The van der Waals surface area contributed by atoms with Gasteiger partial charge in [-0.3, -0.25) is 0 Å². The highest BCUT2D eigenvalue weighted by Gasteiger charge is 2.32. The second-order valence-corrected chi connectivity index (χ2v) is 10.3. The number of fused-ring (bicyclic) bond motifs is 1. The number of nitrogens with one attached hydrogen (secondary N) is 1. The van der Waals surface area contributed by atoms with Crippen molar-refractivity contribution < 1.29 is 18.9 Å². The highest BCUT2D eigenvalue weighted by Crippen LogP contribution is 2.35. The van der Waals surface area contributed by atoms with E-state index in [1.165, 1.54) is 29.7 Å². The first-order valence-corrected chi connectivity index (χ1v) is 13.6. The van der Waals surface area contributed by atoms with E-state index in [4.69, 9.17) is 18.9 Å². The lowest BCUT2D eigenvalue weighted by atomic mass is 9.81. The molecule has 2 aliphatic heterocycles. The van der Waals surface area contributed by atoms with Gasteiger partial charge in [0.1, 0.15) is 18.1 Å². The van der Waals surface area contributed by atoms with Crippen LogP contribution in [0.25, 0.3) is 0 Å². The van der Waals surface area contributed by atoms with Crippen LogP contribution in [-0.2, 0) is 16.1 Å². The number of hydrogen-bond donors (Lipinski definition) is 1. The lowest BCUT2D eigenvalue weighted by Crippen LogP contribution is -2.47. The molecule has 198 valence electrons. The molecule has 2 heterocycles. The van der Waals surface area contributed by atoms with E-state index in [2.05, 4.69) is 66.5 Å². The molecule has 2 aliphatic rings.